The highest BCUT2D eigenvalue weighted by Gasteiger charge is 2.23. The second-order valence-electron chi connectivity index (χ2n) is 3.91. The number of methoxy groups -OCH3 is 2. The van der Waals surface area contributed by atoms with Gasteiger partial charge in [-0.05, 0) is 12.1 Å². The SMILES string of the molecule is C.COC[C@H]1CN(C)c2ccc(OC)cc2O1. The van der Waals surface area contributed by atoms with E-state index in [2.05, 4.69) is 11.9 Å². The van der Waals surface area contributed by atoms with Crippen LogP contribution in [0.1, 0.15) is 7.43 Å². The molecule has 0 aliphatic carbocycles. The standard InChI is InChI=1S/C12H17NO3.CH4/c1-13-7-10(8-14-2)16-12-6-9(15-3)4-5-11(12)13;/h4-6,10H,7-8H2,1-3H3;1H4/t10-;/m1./s1. The predicted molar refractivity (Wildman–Crippen MR) is 69.3 cm³/mol. The van der Waals surface area contributed by atoms with Crippen LogP contribution in [0.5, 0.6) is 11.5 Å². The Morgan fingerprint density at radius 3 is 2.82 bits per heavy atom. The van der Waals surface area contributed by atoms with Crippen LogP contribution in [0.25, 0.3) is 0 Å². The van der Waals surface area contributed by atoms with Crippen LogP contribution in [-0.4, -0.2) is 40.5 Å². The lowest BCUT2D eigenvalue weighted by Gasteiger charge is -2.33. The van der Waals surface area contributed by atoms with Crippen molar-refractivity contribution < 1.29 is 14.2 Å². The molecule has 0 aromatic heterocycles. The normalized spacial score (nSPS) is 17.8. The van der Waals surface area contributed by atoms with Gasteiger partial charge in [-0.3, -0.25) is 0 Å². The van der Waals surface area contributed by atoms with Crippen LogP contribution >= 0.6 is 0 Å². The summed E-state index contributed by atoms with van der Waals surface area (Å²) in [6.45, 7) is 1.44. The van der Waals surface area contributed by atoms with Gasteiger partial charge in [-0.1, -0.05) is 7.43 Å². The molecule has 0 N–H and O–H groups in total. The molecule has 4 heteroatoms. The van der Waals surface area contributed by atoms with E-state index in [0.717, 1.165) is 23.7 Å². The molecular formula is C13H21NO3. The molecule has 0 bridgehead atoms. The van der Waals surface area contributed by atoms with Crippen molar-refractivity contribution in [3.05, 3.63) is 18.2 Å². The summed E-state index contributed by atoms with van der Waals surface area (Å²) in [5, 5.41) is 0. The van der Waals surface area contributed by atoms with Crippen LogP contribution in [0.3, 0.4) is 0 Å². The zero-order valence-electron chi connectivity index (χ0n) is 9.90. The first-order valence-corrected chi connectivity index (χ1v) is 5.29. The van der Waals surface area contributed by atoms with Crippen molar-refractivity contribution in [2.45, 2.75) is 13.5 Å². The maximum absolute atomic E-state index is 5.84. The van der Waals surface area contributed by atoms with Gasteiger partial charge in [0.2, 0.25) is 0 Å². The van der Waals surface area contributed by atoms with Crippen LogP contribution in [0.4, 0.5) is 5.69 Å². The molecule has 0 spiro atoms. The summed E-state index contributed by atoms with van der Waals surface area (Å²) in [5.41, 5.74) is 1.09. The maximum Gasteiger partial charge on any atom is 0.146 e. The van der Waals surface area contributed by atoms with E-state index in [4.69, 9.17) is 14.2 Å². The van der Waals surface area contributed by atoms with E-state index >= 15 is 0 Å². The molecule has 0 unspecified atom stereocenters. The molecule has 17 heavy (non-hydrogen) atoms. The van der Waals surface area contributed by atoms with Gasteiger partial charge >= 0.3 is 0 Å². The van der Waals surface area contributed by atoms with Gasteiger partial charge in [0.25, 0.3) is 0 Å². The van der Waals surface area contributed by atoms with Crippen molar-refractivity contribution in [2.24, 2.45) is 0 Å². The number of rotatable bonds is 3. The van der Waals surface area contributed by atoms with Gasteiger partial charge in [-0.15, -0.1) is 0 Å². The monoisotopic (exact) mass is 239 g/mol. The Labute approximate surface area is 103 Å². The zero-order valence-corrected chi connectivity index (χ0v) is 9.90. The summed E-state index contributed by atoms with van der Waals surface area (Å²) >= 11 is 0. The molecule has 0 fully saturated rings. The molecule has 0 amide bonds. The molecular weight excluding hydrogens is 218 g/mol. The second-order valence-corrected chi connectivity index (χ2v) is 3.91. The van der Waals surface area contributed by atoms with Crippen molar-refractivity contribution in [2.75, 3.05) is 39.3 Å². The highest BCUT2D eigenvalue weighted by Crippen LogP contribution is 2.35. The molecule has 0 radical (unpaired) electrons. The lowest BCUT2D eigenvalue weighted by atomic mass is 10.2. The average molecular weight is 239 g/mol. The first-order chi connectivity index (χ1) is 7.74. The number of fused-ring (bicyclic) bond motifs is 1. The highest BCUT2D eigenvalue weighted by atomic mass is 16.5. The van der Waals surface area contributed by atoms with Crippen LogP contribution in [0.15, 0.2) is 18.2 Å². The fraction of sp³-hybridized carbons (Fsp3) is 0.538. The minimum Gasteiger partial charge on any atom is -0.497 e. The van der Waals surface area contributed by atoms with E-state index in [1.165, 1.54) is 0 Å². The van der Waals surface area contributed by atoms with Crippen molar-refractivity contribution in [1.29, 1.82) is 0 Å². The lowest BCUT2D eigenvalue weighted by Crippen LogP contribution is -2.40. The Bertz CT molecular complexity index is 368. The Morgan fingerprint density at radius 1 is 1.41 bits per heavy atom. The number of hydrogen-bond acceptors (Lipinski definition) is 4. The van der Waals surface area contributed by atoms with Crippen LogP contribution in [0.2, 0.25) is 0 Å². The van der Waals surface area contributed by atoms with E-state index < -0.39 is 0 Å². The predicted octanol–water partition coefficient (Wildman–Crippen LogP) is 2.17. The number of ether oxygens (including phenoxy) is 3. The molecule has 1 atom stereocenters. The molecule has 0 saturated carbocycles. The lowest BCUT2D eigenvalue weighted by molar-refractivity contribution is 0.0799. The fourth-order valence-electron chi connectivity index (χ4n) is 1.92. The second kappa shape index (κ2) is 5.77. The van der Waals surface area contributed by atoms with Gasteiger partial charge < -0.3 is 19.1 Å². The van der Waals surface area contributed by atoms with Crippen LogP contribution < -0.4 is 14.4 Å². The first kappa shape index (κ1) is 13.6. The van der Waals surface area contributed by atoms with Crippen LogP contribution in [0, 0.1) is 0 Å². The Morgan fingerprint density at radius 2 is 2.18 bits per heavy atom. The van der Waals surface area contributed by atoms with Crippen molar-refractivity contribution >= 4 is 5.69 Å². The minimum atomic E-state index is 0. The Balaban J connectivity index is 0.00000144. The molecule has 1 heterocycles. The zero-order chi connectivity index (χ0) is 11.5. The van der Waals surface area contributed by atoms with Gasteiger partial charge in [0.1, 0.15) is 17.6 Å². The van der Waals surface area contributed by atoms with Gasteiger partial charge in [-0.25, -0.2) is 0 Å². The molecule has 1 aliphatic heterocycles. The molecule has 96 valence electrons. The van der Waals surface area contributed by atoms with Gasteiger partial charge in [-0.2, -0.15) is 0 Å². The average Bonchev–Trinajstić information content (AvgIpc) is 2.28. The first-order valence-electron chi connectivity index (χ1n) is 5.29. The molecule has 1 aromatic rings. The topological polar surface area (TPSA) is 30.9 Å². The Kier molecular flexibility index (Phi) is 4.63. The maximum atomic E-state index is 5.84. The summed E-state index contributed by atoms with van der Waals surface area (Å²) in [4.78, 5) is 2.17. The quantitative estimate of drug-likeness (QED) is 0.809. The summed E-state index contributed by atoms with van der Waals surface area (Å²) in [7, 11) is 5.39. The summed E-state index contributed by atoms with van der Waals surface area (Å²) in [5.74, 6) is 1.67. The van der Waals surface area contributed by atoms with E-state index in [-0.39, 0.29) is 13.5 Å². The fourth-order valence-corrected chi connectivity index (χ4v) is 1.92. The highest BCUT2D eigenvalue weighted by molar-refractivity contribution is 5.62. The van der Waals surface area contributed by atoms with Gasteiger partial charge in [0.05, 0.1) is 25.9 Å². The third-order valence-corrected chi connectivity index (χ3v) is 2.70. The number of hydrogen-bond donors (Lipinski definition) is 0. The molecule has 2 rings (SSSR count). The van der Waals surface area contributed by atoms with E-state index in [1.807, 2.05) is 18.2 Å². The third kappa shape index (κ3) is 2.82. The van der Waals surface area contributed by atoms with E-state index in [0.29, 0.717) is 6.61 Å². The minimum absolute atomic E-state index is 0. The molecule has 4 nitrogen and oxygen atoms in total. The van der Waals surface area contributed by atoms with Crippen molar-refractivity contribution in [1.82, 2.24) is 0 Å². The molecule has 1 aliphatic rings. The number of anilines is 1. The smallest absolute Gasteiger partial charge is 0.146 e. The van der Waals surface area contributed by atoms with Crippen molar-refractivity contribution in [3.63, 3.8) is 0 Å². The van der Waals surface area contributed by atoms with Gasteiger partial charge in [0, 0.05) is 20.2 Å². The molecule has 1 aromatic carbocycles. The Hall–Kier alpha value is -1.42. The summed E-state index contributed by atoms with van der Waals surface area (Å²) in [6.07, 6.45) is 0.0783. The summed E-state index contributed by atoms with van der Waals surface area (Å²) < 4.78 is 16.1. The number of likely N-dealkylation sites (N-methyl/N-ethyl adjacent to an activating group) is 1. The number of nitrogens with zero attached hydrogens (tertiary/aromatic N) is 1. The summed E-state index contributed by atoms with van der Waals surface area (Å²) in [6, 6.07) is 5.86. The molecule has 0 saturated heterocycles. The van der Waals surface area contributed by atoms with E-state index in [1.54, 1.807) is 14.2 Å². The van der Waals surface area contributed by atoms with Crippen LogP contribution in [-0.2, 0) is 4.74 Å². The number of benzene rings is 1. The van der Waals surface area contributed by atoms with Gasteiger partial charge in [0.15, 0.2) is 0 Å². The third-order valence-electron chi connectivity index (χ3n) is 2.70. The van der Waals surface area contributed by atoms with E-state index in [9.17, 15) is 0 Å². The largest absolute Gasteiger partial charge is 0.497 e. The van der Waals surface area contributed by atoms with Crippen molar-refractivity contribution in [3.8, 4) is 11.5 Å².